The first-order chi connectivity index (χ1) is 8.58. The minimum Gasteiger partial charge on any atom is -0.437 e. The molecule has 0 bridgehead atoms. The molecule has 0 aliphatic carbocycles. The maximum absolute atomic E-state index is 13.5. The minimum absolute atomic E-state index is 0.0716. The summed E-state index contributed by atoms with van der Waals surface area (Å²) in [6, 6.07) is 5.21. The fourth-order valence-corrected chi connectivity index (χ4v) is 1.53. The highest BCUT2D eigenvalue weighted by molar-refractivity contribution is 6.29. The first-order valence-corrected chi connectivity index (χ1v) is 5.32. The maximum atomic E-state index is 13.5. The van der Waals surface area contributed by atoms with Crippen LogP contribution in [-0.2, 0) is 0 Å². The zero-order valence-corrected chi connectivity index (χ0v) is 10.1. The van der Waals surface area contributed by atoms with Gasteiger partial charge >= 0.3 is 0 Å². The van der Waals surface area contributed by atoms with Gasteiger partial charge in [-0.25, -0.2) is 14.2 Å². The Morgan fingerprint density at radius 3 is 2.78 bits per heavy atom. The van der Waals surface area contributed by atoms with Crippen LogP contribution in [0.25, 0.3) is 4.85 Å². The number of hydrogen-bond donors (Lipinski definition) is 0. The molecule has 1 aromatic heterocycles. The second kappa shape index (κ2) is 4.98. The zero-order valence-electron chi connectivity index (χ0n) is 9.32. The van der Waals surface area contributed by atoms with Crippen LogP contribution in [0.1, 0.15) is 5.82 Å². The Labute approximate surface area is 108 Å². The van der Waals surface area contributed by atoms with E-state index in [1.54, 1.807) is 6.92 Å². The number of nitrogens with zero attached hydrogens (tertiary/aromatic N) is 3. The van der Waals surface area contributed by atoms with E-state index in [2.05, 4.69) is 14.8 Å². The summed E-state index contributed by atoms with van der Waals surface area (Å²) in [5.41, 5.74) is 0.281. The Bertz CT molecular complexity index is 619. The van der Waals surface area contributed by atoms with E-state index < -0.39 is 5.82 Å². The van der Waals surface area contributed by atoms with Crippen molar-refractivity contribution in [2.75, 3.05) is 0 Å². The number of benzene rings is 1. The quantitative estimate of drug-likeness (QED) is 0.609. The van der Waals surface area contributed by atoms with E-state index in [4.69, 9.17) is 22.9 Å². The van der Waals surface area contributed by atoms with Crippen LogP contribution in [0.5, 0.6) is 11.6 Å². The summed E-state index contributed by atoms with van der Waals surface area (Å²) in [4.78, 5) is 11.0. The van der Waals surface area contributed by atoms with Crippen molar-refractivity contribution in [3.8, 4) is 11.6 Å². The smallest absolute Gasteiger partial charge is 0.224 e. The van der Waals surface area contributed by atoms with Crippen molar-refractivity contribution in [3.63, 3.8) is 0 Å². The third kappa shape index (κ3) is 2.73. The monoisotopic (exact) mass is 263 g/mol. The van der Waals surface area contributed by atoms with E-state index in [1.165, 1.54) is 24.3 Å². The van der Waals surface area contributed by atoms with Crippen LogP contribution < -0.4 is 4.74 Å². The molecule has 0 radical (unpaired) electrons. The van der Waals surface area contributed by atoms with Crippen LogP contribution in [0.15, 0.2) is 24.3 Å². The van der Waals surface area contributed by atoms with Gasteiger partial charge in [0.15, 0.2) is 17.3 Å². The van der Waals surface area contributed by atoms with Crippen LogP contribution in [0.3, 0.4) is 0 Å². The molecule has 0 unspecified atom stereocenters. The average Bonchev–Trinajstić information content (AvgIpc) is 2.30. The van der Waals surface area contributed by atoms with Crippen molar-refractivity contribution < 1.29 is 9.13 Å². The van der Waals surface area contributed by atoms with Gasteiger partial charge in [0.1, 0.15) is 11.0 Å². The predicted octanol–water partition coefficient (Wildman–Crippen LogP) is 3.92. The summed E-state index contributed by atoms with van der Waals surface area (Å²) in [5.74, 6) is -0.0970. The summed E-state index contributed by atoms with van der Waals surface area (Å²) in [5, 5.41) is 0.208. The normalized spacial score (nSPS) is 9.89. The maximum Gasteiger partial charge on any atom is 0.224 e. The molecule has 4 nitrogen and oxygen atoms in total. The largest absolute Gasteiger partial charge is 0.437 e. The molecule has 0 aliphatic heterocycles. The van der Waals surface area contributed by atoms with Crippen LogP contribution in [0.2, 0.25) is 5.15 Å². The lowest BCUT2D eigenvalue weighted by atomic mass is 10.3. The second-order valence-corrected chi connectivity index (χ2v) is 3.79. The van der Waals surface area contributed by atoms with E-state index >= 15 is 0 Å². The molecule has 1 aromatic carbocycles. The van der Waals surface area contributed by atoms with E-state index in [9.17, 15) is 4.39 Å². The van der Waals surface area contributed by atoms with Crippen molar-refractivity contribution >= 4 is 17.3 Å². The fraction of sp³-hybridized carbons (Fsp3) is 0.0833. The molecule has 0 amide bonds. The molecular weight excluding hydrogens is 257 g/mol. The molecule has 6 heteroatoms. The minimum atomic E-state index is -0.574. The first kappa shape index (κ1) is 12.3. The molecule has 0 spiro atoms. The molecule has 0 fully saturated rings. The molecule has 0 saturated carbocycles. The number of ether oxygens (including phenoxy) is 1. The molecule has 2 rings (SSSR count). The lowest BCUT2D eigenvalue weighted by molar-refractivity contribution is 0.425. The lowest BCUT2D eigenvalue weighted by Gasteiger charge is -2.07. The summed E-state index contributed by atoms with van der Waals surface area (Å²) in [6.07, 6.45) is 0. The lowest BCUT2D eigenvalue weighted by Crippen LogP contribution is -1.94. The Morgan fingerprint density at radius 2 is 2.11 bits per heavy atom. The van der Waals surface area contributed by atoms with Gasteiger partial charge < -0.3 is 4.74 Å². The van der Waals surface area contributed by atoms with Gasteiger partial charge in [-0.15, -0.1) is 0 Å². The molecule has 90 valence electrons. The van der Waals surface area contributed by atoms with Crippen molar-refractivity contribution in [1.82, 2.24) is 9.97 Å². The predicted molar refractivity (Wildman–Crippen MR) is 64.5 cm³/mol. The highest BCUT2D eigenvalue weighted by Gasteiger charge is 2.08. The number of aryl methyl sites for hydroxylation is 1. The SMILES string of the molecule is [C-]#[N+]c1ccc(F)c(Oc2cc(Cl)nc(C)n2)c1. The Kier molecular flexibility index (Phi) is 3.40. The fourth-order valence-electron chi connectivity index (χ4n) is 1.31. The highest BCUT2D eigenvalue weighted by Crippen LogP contribution is 2.28. The standard InChI is InChI=1S/C12H7ClFN3O/c1-7-16-11(13)6-12(17-7)18-10-5-8(15-2)3-4-9(10)14/h3-6H,1H3. The van der Waals surface area contributed by atoms with Crippen molar-refractivity contribution in [3.05, 3.63) is 52.5 Å². The van der Waals surface area contributed by atoms with Crippen LogP contribution >= 0.6 is 11.6 Å². The topological polar surface area (TPSA) is 39.4 Å². The summed E-state index contributed by atoms with van der Waals surface area (Å²) < 4.78 is 18.7. The summed E-state index contributed by atoms with van der Waals surface area (Å²) >= 11 is 5.74. The molecule has 0 aliphatic rings. The Hall–Kier alpha value is -2.19. The van der Waals surface area contributed by atoms with Gasteiger partial charge in [-0.3, -0.25) is 0 Å². The number of aromatic nitrogens is 2. The summed E-state index contributed by atoms with van der Waals surface area (Å²) in [7, 11) is 0. The van der Waals surface area contributed by atoms with E-state index in [-0.39, 0.29) is 22.5 Å². The number of rotatable bonds is 2. The van der Waals surface area contributed by atoms with Crippen LogP contribution in [-0.4, -0.2) is 9.97 Å². The van der Waals surface area contributed by atoms with Gasteiger partial charge in [0.05, 0.1) is 6.57 Å². The van der Waals surface area contributed by atoms with Crippen molar-refractivity contribution in [2.24, 2.45) is 0 Å². The van der Waals surface area contributed by atoms with Crippen LogP contribution in [0, 0.1) is 19.3 Å². The molecule has 0 atom stereocenters. The molecule has 18 heavy (non-hydrogen) atoms. The van der Waals surface area contributed by atoms with Gasteiger partial charge in [0, 0.05) is 6.07 Å². The molecular formula is C12H7ClFN3O. The van der Waals surface area contributed by atoms with Crippen molar-refractivity contribution in [1.29, 1.82) is 0 Å². The second-order valence-electron chi connectivity index (χ2n) is 3.40. The average molecular weight is 264 g/mol. The molecule has 2 aromatic rings. The molecule has 0 saturated heterocycles. The van der Waals surface area contributed by atoms with E-state index in [0.29, 0.717) is 5.82 Å². The third-order valence-corrected chi connectivity index (χ3v) is 2.24. The number of hydrogen-bond acceptors (Lipinski definition) is 3. The van der Waals surface area contributed by atoms with Gasteiger partial charge in [0.25, 0.3) is 0 Å². The first-order valence-electron chi connectivity index (χ1n) is 4.94. The molecule has 1 heterocycles. The third-order valence-electron chi connectivity index (χ3n) is 2.04. The van der Waals surface area contributed by atoms with Crippen molar-refractivity contribution in [2.45, 2.75) is 6.92 Å². The van der Waals surface area contributed by atoms with Gasteiger partial charge in [-0.2, -0.15) is 4.98 Å². The highest BCUT2D eigenvalue weighted by atomic mass is 35.5. The van der Waals surface area contributed by atoms with Gasteiger partial charge in [-0.1, -0.05) is 17.7 Å². The Morgan fingerprint density at radius 1 is 1.33 bits per heavy atom. The zero-order chi connectivity index (χ0) is 13.1. The van der Waals surface area contributed by atoms with Gasteiger partial charge in [-0.05, 0) is 19.1 Å². The van der Waals surface area contributed by atoms with E-state index in [0.717, 1.165) is 0 Å². The summed E-state index contributed by atoms with van der Waals surface area (Å²) in [6.45, 7) is 8.50. The van der Waals surface area contributed by atoms with Crippen LogP contribution in [0.4, 0.5) is 10.1 Å². The Balaban J connectivity index is 2.36. The number of halogens is 2. The molecule has 0 N–H and O–H groups in total. The van der Waals surface area contributed by atoms with Gasteiger partial charge in [0.2, 0.25) is 5.88 Å². The van der Waals surface area contributed by atoms with E-state index in [1.807, 2.05) is 0 Å².